The average Bonchev–Trinajstić information content (AvgIpc) is 2.84. The van der Waals surface area contributed by atoms with Gasteiger partial charge in [0.15, 0.2) is 8.32 Å². The highest BCUT2D eigenvalue weighted by molar-refractivity contribution is 6.74. The molecule has 0 aromatic heterocycles. The van der Waals surface area contributed by atoms with Gasteiger partial charge in [-0.1, -0.05) is 20.8 Å². The molecule has 1 saturated heterocycles. The minimum atomic E-state index is -1.73. The molecule has 1 aliphatic heterocycles. The molecule has 1 rings (SSSR count). The van der Waals surface area contributed by atoms with E-state index in [0.717, 1.165) is 31.7 Å². The lowest BCUT2D eigenvalue weighted by Crippen LogP contribution is -2.42. The van der Waals surface area contributed by atoms with Crippen LogP contribution in [0.25, 0.3) is 0 Å². The summed E-state index contributed by atoms with van der Waals surface area (Å²) in [5.41, 5.74) is 0. The van der Waals surface area contributed by atoms with Gasteiger partial charge in [0, 0.05) is 25.6 Å². The number of allylic oxidation sites excluding steroid dienone is 1. The molecule has 1 aliphatic rings. The van der Waals surface area contributed by atoms with Crippen LogP contribution in [0.2, 0.25) is 18.1 Å². The zero-order valence-corrected chi connectivity index (χ0v) is 16.4. The lowest BCUT2D eigenvalue weighted by molar-refractivity contribution is -0.125. The van der Waals surface area contributed by atoms with E-state index >= 15 is 0 Å². The average molecular weight is 328 g/mol. The molecular weight excluding hydrogens is 294 g/mol. The Morgan fingerprint density at radius 3 is 2.45 bits per heavy atom. The van der Waals surface area contributed by atoms with Gasteiger partial charge in [0.2, 0.25) is 5.91 Å². The van der Waals surface area contributed by atoms with Crippen molar-refractivity contribution in [3.63, 3.8) is 0 Å². The van der Waals surface area contributed by atoms with Gasteiger partial charge >= 0.3 is 0 Å². The first-order valence-corrected chi connectivity index (χ1v) is 11.3. The Labute approximate surface area is 137 Å². The van der Waals surface area contributed by atoms with Gasteiger partial charge in [-0.25, -0.2) is 0 Å². The molecule has 1 amide bonds. The molecule has 0 spiro atoms. The van der Waals surface area contributed by atoms with Crippen LogP contribution in [0, 0.1) is 0 Å². The summed E-state index contributed by atoms with van der Waals surface area (Å²) in [6.45, 7) is 17.3. The minimum Gasteiger partial charge on any atom is -0.492 e. The molecule has 0 aromatic rings. The van der Waals surface area contributed by atoms with Crippen LogP contribution < -0.4 is 0 Å². The first-order chi connectivity index (χ1) is 10.1. The van der Waals surface area contributed by atoms with Crippen LogP contribution >= 0.6 is 0 Å². The summed E-state index contributed by atoms with van der Waals surface area (Å²) >= 11 is 0. The molecule has 0 aromatic carbocycles. The molecule has 0 saturated carbocycles. The number of hydrogen-bond donors (Lipinski definition) is 0. The van der Waals surface area contributed by atoms with E-state index in [1.54, 1.807) is 11.0 Å². The van der Waals surface area contributed by atoms with E-state index in [1.165, 1.54) is 0 Å². The van der Waals surface area contributed by atoms with Crippen LogP contribution in [-0.4, -0.2) is 44.9 Å². The Hall–Kier alpha value is -0.813. The van der Waals surface area contributed by atoms with Crippen molar-refractivity contribution in [2.24, 2.45) is 0 Å². The molecule has 0 radical (unpaired) electrons. The molecule has 5 heteroatoms. The molecule has 0 bridgehead atoms. The summed E-state index contributed by atoms with van der Waals surface area (Å²) in [5.74, 6) is 0.853. The quantitative estimate of drug-likeness (QED) is 0.548. The lowest BCUT2D eigenvalue weighted by atomic mass is 10.2. The number of rotatable bonds is 6. The summed E-state index contributed by atoms with van der Waals surface area (Å²) in [4.78, 5) is 13.9. The summed E-state index contributed by atoms with van der Waals surface area (Å²) < 4.78 is 12.1. The second-order valence-corrected chi connectivity index (χ2v) is 12.3. The van der Waals surface area contributed by atoms with Crippen LogP contribution in [0.5, 0.6) is 0 Å². The van der Waals surface area contributed by atoms with Crippen molar-refractivity contribution in [1.82, 2.24) is 4.90 Å². The van der Waals surface area contributed by atoms with Crippen LogP contribution in [0.15, 0.2) is 11.8 Å². The Bertz CT molecular complexity index is 409. The van der Waals surface area contributed by atoms with Gasteiger partial charge in [-0.2, -0.15) is 0 Å². The van der Waals surface area contributed by atoms with E-state index in [2.05, 4.69) is 33.9 Å². The van der Waals surface area contributed by atoms with E-state index in [1.807, 2.05) is 13.8 Å². The van der Waals surface area contributed by atoms with Gasteiger partial charge in [0.1, 0.15) is 11.9 Å². The second-order valence-electron chi connectivity index (χ2n) is 7.47. The predicted octanol–water partition coefficient (Wildman–Crippen LogP) is 3.94. The van der Waals surface area contributed by atoms with E-state index in [4.69, 9.17) is 9.16 Å². The number of hydrogen-bond acceptors (Lipinski definition) is 3. The lowest BCUT2D eigenvalue weighted by Gasteiger charge is -2.36. The van der Waals surface area contributed by atoms with Crippen molar-refractivity contribution in [1.29, 1.82) is 0 Å². The predicted molar refractivity (Wildman–Crippen MR) is 93.3 cm³/mol. The Kier molecular flexibility index (Phi) is 6.68. The molecule has 1 heterocycles. The molecule has 22 heavy (non-hydrogen) atoms. The number of nitrogens with zero attached hydrogens (tertiary/aromatic N) is 1. The van der Waals surface area contributed by atoms with Crippen molar-refractivity contribution in [2.75, 3.05) is 19.7 Å². The molecular formula is C17H33NO3Si. The summed E-state index contributed by atoms with van der Waals surface area (Å²) in [6, 6.07) is 0. The maximum Gasteiger partial charge on any atom is 0.249 e. The molecule has 0 aliphatic carbocycles. The van der Waals surface area contributed by atoms with Gasteiger partial charge in [-0.3, -0.25) is 4.79 Å². The second kappa shape index (κ2) is 7.64. The zero-order chi connectivity index (χ0) is 17.0. The maximum atomic E-state index is 12.1. The Morgan fingerprint density at radius 1 is 1.36 bits per heavy atom. The molecule has 1 fully saturated rings. The minimum absolute atomic E-state index is 0.0472. The molecule has 1 unspecified atom stereocenters. The van der Waals surface area contributed by atoms with Crippen LogP contribution in [0.4, 0.5) is 0 Å². The fourth-order valence-electron chi connectivity index (χ4n) is 2.14. The van der Waals surface area contributed by atoms with Gasteiger partial charge in [0.25, 0.3) is 0 Å². The Balaban J connectivity index is 2.52. The van der Waals surface area contributed by atoms with Gasteiger partial charge in [0.05, 0.1) is 6.61 Å². The maximum absolute atomic E-state index is 12.1. The van der Waals surface area contributed by atoms with E-state index in [0.29, 0.717) is 6.61 Å². The monoisotopic (exact) mass is 327 g/mol. The zero-order valence-electron chi connectivity index (χ0n) is 15.4. The van der Waals surface area contributed by atoms with E-state index < -0.39 is 8.32 Å². The number of ether oxygens (including phenoxy) is 1. The highest BCUT2D eigenvalue weighted by atomic mass is 28.4. The topological polar surface area (TPSA) is 38.8 Å². The van der Waals surface area contributed by atoms with Gasteiger partial charge in [-0.15, -0.1) is 0 Å². The number of carbonyl (C=O) groups excluding carboxylic acids is 1. The van der Waals surface area contributed by atoms with Gasteiger partial charge in [-0.05, 0) is 38.4 Å². The molecule has 1 atom stereocenters. The highest BCUT2D eigenvalue weighted by Gasteiger charge is 2.38. The SMILES string of the molecule is CCN(CC)C(=O)/C=C1/CCC(CO[Si](C)(C)C(C)(C)C)O1. The fourth-order valence-corrected chi connectivity index (χ4v) is 3.18. The summed E-state index contributed by atoms with van der Waals surface area (Å²) in [7, 11) is -1.73. The first-order valence-electron chi connectivity index (χ1n) is 8.40. The molecule has 4 nitrogen and oxygen atoms in total. The van der Waals surface area contributed by atoms with Crippen LogP contribution in [0.1, 0.15) is 47.5 Å². The smallest absolute Gasteiger partial charge is 0.249 e. The first kappa shape index (κ1) is 19.2. The van der Waals surface area contributed by atoms with Gasteiger partial charge < -0.3 is 14.1 Å². The largest absolute Gasteiger partial charge is 0.492 e. The number of amides is 1. The summed E-state index contributed by atoms with van der Waals surface area (Å²) in [6.07, 6.45) is 3.51. The van der Waals surface area contributed by atoms with Crippen LogP contribution in [0.3, 0.4) is 0 Å². The number of likely N-dealkylation sites (N-methyl/N-ethyl adjacent to an activating group) is 1. The standard InChI is InChI=1S/C17H33NO3Si/c1-8-18(9-2)16(19)12-14-10-11-15(21-14)13-20-22(6,7)17(3,4)5/h12,15H,8-11,13H2,1-7H3/b14-12-. The summed E-state index contributed by atoms with van der Waals surface area (Å²) in [5, 5.41) is 0.211. The van der Waals surface area contributed by atoms with Crippen molar-refractivity contribution < 1.29 is 14.0 Å². The third-order valence-electron chi connectivity index (χ3n) is 4.83. The molecule has 128 valence electrons. The third kappa shape index (κ3) is 5.13. The van der Waals surface area contributed by atoms with Crippen molar-refractivity contribution >= 4 is 14.2 Å². The van der Waals surface area contributed by atoms with Crippen molar-refractivity contribution in [3.05, 3.63) is 11.8 Å². The Morgan fingerprint density at radius 2 is 1.95 bits per heavy atom. The van der Waals surface area contributed by atoms with E-state index in [-0.39, 0.29) is 17.0 Å². The van der Waals surface area contributed by atoms with E-state index in [9.17, 15) is 4.79 Å². The normalized spacial score (nSPS) is 21.0. The number of carbonyl (C=O) groups is 1. The van der Waals surface area contributed by atoms with Crippen LogP contribution in [-0.2, 0) is 14.0 Å². The highest BCUT2D eigenvalue weighted by Crippen LogP contribution is 2.37. The third-order valence-corrected chi connectivity index (χ3v) is 9.33. The fraction of sp³-hybridized carbons (Fsp3) is 0.824. The molecule has 0 N–H and O–H groups in total. The van der Waals surface area contributed by atoms with Crippen molar-refractivity contribution in [3.8, 4) is 0 Å². The van der Waals surface area contributed by atoms with Crippen molar-refractivity contribution in [2.45, 2.75) is 71.7 Å².